The van der Waals surface area contributed by atoms with Crippen LogP contribution in [0.15, 0.2) is 41.6 Å². The lowest BCUT2D eigenvalue weighted by molar-refractivity contribution is -0.909. The van der Waals surface area contributed by atoms with E-state index < -0.39 is 0 Å². The van der Waals surface area contributed by atoms with Crippen molar-refractivity contribution in [3.8, 4) is 5.75 Å². The summed E-state index contributed by atoms with van der Waals surface area (Å²) >= 11 is 0. The molecule has 1 saturated heterocycles. The number of nitrogens with zero attached hydrogens (tertiary/aromatic N) is 3. The molecule has 1 atom stereocenters. The van der Waals surface area contributed by atoms with E-state index in [9.17, 15) is 0 Å². The first-order chi connectivity index (χ1) is 13.9. The van der Waals surface area contributed by atoms with Crippen LogP contribution in [0.4, 0.5) is 0 Å². The molecule has 5 nitrogen and oxygen atoms in total. The van der Waals surface area contributed by atoms with E-state index in [1.807, 2.05) is 6.21 Å². The molecule has 3 aliphatic rings. The summed E-state index contributed by atoms with van der Waals surface area (Å²) < 4.78 is 12.4. The van der Waals surface area contributed by atoms with Crippen LogP contribution in [0.25, 0.3) is 0 Å². The van der Waals surface area contributed by atoms with Gasteiger partial charge in [0, 0.05) is 45.0 Å². The van der Waals surface area contributed by atoms with Crippen molar-refractivity contribution >= 4 is 6.21 Å². The molecule has 2 fully saturated rings. The van der Waals surface area contributed by atoms with Gasteiger partial charge in [-0.25, -0.2) is 0 Å². The average molecular weight is 385 g/mol. The van der Waals surface area contributed by atoms with Crippen LogP contribution in [0.3, 0.4) is 0 Å². The third-order valence-corrected chi connectivity index (χ3v) is 6.40. The van der Waals surface area contributed by atoms with Crippen LogP contribution in [0.5, 0.6) is 5.75 Å². The van der Waals surface area contributed by atoms with Crippen LogP contribution in [0.1, 0.15) is 37.7 Å². The molecule has 1 unspecified atom stereocenters. The number of allylic oxidation sites excluding steroid dienone is 1. The Labute approximate surface area is 169 Å². The molecule has 0 amide bonds. The number of quaternary nitrogens is 1. The number of para-hydroxylation sites is 1. The molecule has 0 radical (unpaired) electrons. The molecule has 0 N–H and O–H groups in total. The minimum atomic E-state index is 0.637. The molecule has 28 heavy (non-hydrogen) atoms. The quantitative estimate of drug-likeness (QED) is 0.642. The van der Waals surface area contributed by atoms with E-state index in [0.717, 1.165) is 62.8 Å². The molecule has 4 rings (SSSR count). The van der Waals surface area contributed by atoms with Gasteiger partial charge in [0.1, 0.15) is 31.1 Å². The lowest BCUT2D eigenvalue weighted by Crippen LogP contribution is -2.47. The van der Waals surface area contributed by atoms with Crippen LogP contribution >= 0.6 is 0 Å². The molecule has 0 aromatic heterocycles. The Morgan fingerprint density at radius 1 is 1.11 bits per heavy atom. The molecule has 1 saturated carbocycles. The fourth-order valence-electron chi connectivity index (χ4n) is 4.71. The zero-order chi connectivity index (χ0) is 19.1. The third kappa shape index (κ3) is 4.83. The number of hydrogen-bond donors (Lipinski definition) is 0. The summed E-state index contributed by atoms with van der Waals surface area (Å²) in [5, 5.41) is 4.90. The van der Waals surface area contributed by atoms with Gasteiger partial charge in [-0.1, -0.05) is 29.7 Å². The Balaban J connectivity index is 1.35. The normalized spacial score (nSPS) is 26.0. The molecule has 5 heteroatoms. The fourth-order valence-corrected chi connectivity index (χ4v) is 4.71. The van der Waals surface area contributed by atoms with Gasteiger partial charge in [-0.2, -0.15) is 4.59 Å². The maximum atomic E-state index is 6.19. The van der Waals surface area contributed by atoms with E-state index in [-0.39, 0.29) is 0 Å². The second-order valence-corrected chi connectivity index (χ2v) is 8.17. The van der Waals surface area contributed by atoms with Crippen molar-refractivity contribution in [2.24, 2.45) is 5.10 Å². The van der Waals surface area contributed by atoms with E-state index in [0.29, 0.717) is 6.04 Å². The molecule has 0 bridgehead atoms. The average Bonchev–Trinajstić information content (AvgIpc) is 3.25. The van der Waals surface area contributed by atoms with Crippen molar-refractivity contribution in [2.75, 3.05) is 46.0 Å². The molecule has 152 valence electrons. The Hall–Kier alpha value is -1.69. The van der Waals surface area contributed by atoms with Crippen LogP contribution in [0.2, 0.25) is 0 Å². The minimum absolute atomic E-state index is 0.637. The van der Waals surface area contributed by atoms with Crippen molar-refractivity contribution in [3.63, 3.8) is 0 Å². The van der Waals surface area contributed by atoms with Crippen LogP contribution in [-0.4, -0.2) is 67.7 Å². The van der Waals surface area contributed by atoms with E-state index in [1.165, 1.54) is 37.7 Å². The predicted molar refractivity (Wildman–Crippen MR) is 113 cm³/mol. The summed E-state index contributed by atoms with van der Waals surface area (Å²) in [6.07, 6.45) is 14.1. The van der Waals surface area contributed by atoms with Gasteiger partial charge < -0.3 is 9.47 Å². The first-order valence-electron chi connectivity index (χ1n) is 11.0. The standard InChI is InChI=1S/C23H34N3O2/c1-2-8-22(9-3-1)26(16-6-12-24-26)17-11-21-7-4-5-10-23(21)28-20-15-25-13-18-27-19-14-25/h4-7,10,12,16,22H,1-3,8-9,11,13-15,17-20H2/q+1. The van der Waals surface area contributed by atoms with Crippen molar-refractivity contribution in [3.05, 3.63) is 42.1 Å². The Morgan fingerprint density at radius 3 is 2.71 bits per heavy atom. The van der Waals surface area contributed by atoms with Gasteiger partial charge in [-0.15, -0.1) is 0 Å². The van der Waals surface area contributed by atoms with Crippen molar-refractivity contribution in [2.45, 2.75) is 44.6 Å². The zero-order valence-electron chi connectivity index (χ0n) is 17.0. The van der Waals surface area contributed by atoms with Gasteiger partial charge >= 0.3 is 0 Å². The van der Waals surface area contributed by atoms with E-state index >= 15 is 0 Å². The van der Waals surface area contributed by atoms with Gasteiger partial charge in [0.25, 0.3) is 0 Å². The monoisotopic (exact) mass is 384 g/mol. The fraction of sp³-hybridized carbons (Fsp3) is 0.609. The highest BCUT2D eigenvalue weighted by Gasteiger charge is 2.38. The Morgan fingerprint density at radius 2 is 1.93 bits per heavy atom. The summed E-state index contributed by atoms with van der Waals surface area (Å²) in [7, 11) is 0. The summed E-state index contributed by atoms with van der Waals surface area (Å²) in [6.45, 7) is 6.41. The van der Waals surface area contributed by atoms with Gasteiger partial charge in [0.15, 0.2) is 0 Å². The highest BCUT2D eigenvalue weighted by atomic mass is 16.5. The first kappa shape index (κ1) is 19.6. The smallest absolute Gasteiger partial charge is 0.124 e. The van der Waals surface area contributed by atoms with E-state index in [2.05, 4.69) is 41.4 Å². The second kappa shape index (κ2) is 9.68. The van der Waals surface area contributed by atoms with Crippen molar-refractivity contribution < 1.29 is 14.1 Å². The lowest BCUT2D eigenvalue weighted by Gasteiger charge is -2.36. The molecule has 2 heterocycles. The first-order valence-corrected chi connectivity index (χ1v) is 11.0. The zero-order valence-corrected chi connectivity index (χ0v) is 17.0. The van der Waals surface area contributed by atoms with E-state index in [4.69, 9.17) is 14.6 Å². The Bertz CT molecular complexity index is 664. The number of hydrogen-bond acceptors (Lipinski definition) is 4. The van der Waals surface area contributed by atoms with Crippen molar-refractivity contribution in [1.82, 2.24) is 4.90 Å². The SMILES string of the molecule is C1=C[N+](CCc2ccccc2OCCN2CCOCC2)(C2CCCCC2)N=C1. The second-order valence-electron chi connectivity index (χ2n) is 8.17. The lowest BCUT2D eigenvalue weighted by atomic mass is 9.93. The van der Waals surface area contributed by atoms with Crippen LogP contribution in [-0.2, 0) is 11.2 Å². The molecule has 1 aliphatic carbocycles. The Kier molecular flexibility index (Phi) is 6.78. The summed E-state index contributed by atoms with van der Waals surface area (Å²) in [5.41, 5.74) is 1.30. The molecule has 0 spiro atoms. The predicted octanol–water partition coefficient (Wildman–Crippen LogP) is 3.60. The summed E-state index contributed by atoms with van der Waals surface area (Å²) in [6, 6.07) is 9.16. The number of ether oxygens (including phenoxy) is 2. The summed E-state index contributed by atoms with van der Waals surface area (Å²) in [4.78, 5) is 2.42. The minimum Gasteiger partial charge on any atom is -0.492 e. The van der Waals surface area contributed by atoms with Crippen molar-refractivity contribution in [1.29, 1.82) is 0 Å². The number of benzene rings is 1. The maximum absolute atomic E-state index is 6.19. The van der Waals surface area contributed by atoms with Gasteiger partial charge in [-0.3, -0.25) is 4.90 Å². The molecule has 1 aromatic carbocycles. The summed E-state index contributed by atoms with van der Waals surface area (Å²) in [5.74, 6) is 1.03. The topological polar surface area (TPSA) is 34.1 Å². The molecular weight excluding hydrogens is 350 g/mol. The molecule has 2 aliphatic heterocycles. The third-order valence-electron chi connectivity index (χ3n) is 6.40. The van der Waals surface area contributed by atoms with Crippen LogP contribution in [0, 0.1) is 0 Å². The molecule has 1 aromatic rings. The molecular formula is C23H34N3O2+. The number of rotatable bonds is 8. The highest BCUT2D eigenvalue weighted by Crippen LogP contribution is 2.32. The van der Waals surface area contributed by atoms with E-state index in [1.54, 1.807) is 0 Å². The van der Waals surface area contributed by atoms with Gasteiger partial charge in [-0.05, 0) is 24.5 Å². The van der Waals surface area contributed by atoms with Crippen LogP contribution < -0.4 is 4.74 Å². The highest BCUT2D eigenvalue weighted by molar-refractivity contribution is 5.71. The van der Waals surface area contributed by atoms with Gasteiger partial charge in [0.05, 0.1) is 19.4 Å². The maximum Gasteiger partial charge on any atom is 0.124 e. The largest absolute Gasteiger partial charge is 0.492 e. The number of morpholine rings is 1. The van der Waals surface area contributed by atoms with Gasteiger partial charge in [0.2, 0.25) is 0 Å².